The van der Waals surface area contributed by atoms with E-state index >= 15 is 0 Å². The van der Waals surface area contributed by atoms with Crippen LogP contribution in [0.25, 0.3) is 10.9 Å². The average molecular weight is 368 g/mol. The van der Waals surface area contributed by atoms with Crippen molar-refractivity contribution in [3.63, 3.8) is 0 Å². The predicted molar refractivity (Wildman–Crippen MR) is 100 cm³/mol. The van der Waals surface area contributed by atoms with E-state index in [4.69, 9.17) is 22.1 Å². The first kappa shape index (κ1) is 18.0. The molecule has 6 heteroatoms. The van der Waals surface area contributed by atoms with E-state index in [-0.39, 0.29) is 22.4 Å². The topological polar surface area (TPSA) is 89.0 Å². The van der Waals surface area contributed by atoms with E-state index in [2.05, 4.69) is 11.1 Å². The molecule has 0 fully saturated rings. The summed E-state index contributed by atoms with van der Waals surface area (Å²) in [6, 6.07) is 7.95. The first-order valence-electron chi connectivity index (χ1n) is 8.11. The lowest BCUT2D eigenvalue weighted by Gasteiger charge is -2.27. The van der Waals surface area contributed by atoms with Crippen LogP contribution < -0.4 is 5.73 Å². The third-order valence-electron chi connectivity index (χ3n) is 4.68. The molecule has 1 aliphatic rings. The Hall–Kier alpha value is -2.84. The molecule has 26 heavy (non-hydrogen) atoms. The highest BCUT2D eigenvalue weighted by Crippen LogP contribution is 2.42. The summed E-state index contributed by atoms with van der Waals surface area (Å²) in [6.07, 6.45) is 0. The van der Waals surface area contributed by atoms with Crippen molar-refractivity contribution in [2.75, 3.05) is 0 Å². The van der Waals surface area contributed by atoms with Crippen molar-refractivity contribution in [3.8, 4) is 6.07 Å². The van der Waals surface area contributed by atoms with Gasteiger partial charge in [0.25, 0.3) is 0 Å². The Labute approximate surface area is 156 Å². The molecule has 1 aromatic carbocycles. The summed E-state index contributed by atoms with van der Waals surface area (Å²) in [4.78, 5) is 16.8. The number of aromatic nitrogens is 1. The molecule has 2 heterocycles. The number of pyridine rings is 1. The summed E-state index contributed by atoms with van der Waals surface area (Å²) >= 11 is 6.49. The highest BCUT2D eigenvalue weighted by atomic mass is 35.5. The fraction of sp³-hybridized carbons (Fsp3) is 0.250. The van der Waals surface area contributed by atoms with Gasteiger partial charge < -0.3 is 10.5 Å². The monoisotopic (exact) mass is 367 g/mol. The number of fused-ring (bicyclic) bond motifs is 1. The van der Waals surface area contributed by atoms with Gasteiger partial charge in [-0.1, -0.05) is 23.7 Å². The van der Waals surface area contributed by atoms with E-state index in [1.54, 1.807) is 6.92 Å². The molecular weight excluding hydrogens is 350 g/mol. The molecule has 3 rings (SSSR count). The van der Waals surface area contributed by atoms with Crippen LogP contribution in [0.4, 0.5) is 0 Å². The van der Waals surface area contributed by atoms with Crippen LogP contribution in [0.15, 0.2) is 41.0 Å². The molecule has 5 nitrogen and oxygen atoms in total. The summed E-state index contributed by atoms with van der Waals surface area (Å²) in [5, 5.41) is 10.8. The van der Waals surface area contributed by atoms with Gasteiger partial charge in [-0.15, -0.1) is 0 Å². The minimum absolute atomic E-state index is 0.0165. The first-order chi connectivity index (χ1) is 12.3. The van der Waals surface area contributed by atoms with Crippen LogP contribution in [0.2, 0.25) is 5.15 Å². The van der Waals surface area contributed by atoms with Crippen molar-refractivity contribution in [1.29, 1.82) is 5.26 Å². The van der Waals surface area contributed by atoms with Crippen molar-refractivity contribution < 1.29 is 9.53 Å². The molecule has 0 aliphatic carbocycles. The lowest BCUT2D eigenvalue weighted by atomic mass is 9.81. The number of ether oxygens (including phenoxy) is 1. The van der Waals surface area contributed by atoms with Crippen LogP contribution in [-0.2, 0) is 9.53 Å². The van der Waals surface area contributed by atoms with Crippen molar-refractivity contribution in [1.82, 2.24) is 4.98 Å². The fourth-order valence-electron chi connectivity index (χ4n) is 3.38. The SMILES string of the molecule is CC(=O)C1=C(C)OC(N)=C(C#N)[C@H]1c1cc2c(C)ccc(C)c2nc1Cl. The van der Waals surface area contributed by atoms with Gasteiger partial charge in [-0.2, -0.15) is 5.26 Å². The van der Waals surface area contributed by atoms with E-state index in [9.17, 15) is 10.1 Å². The van der Waals surface area contributed by atoms with Crippen LogP contribution >= 0.6 is 11.6 Å². The molecular formula is C20H18ClN3O2. The second-order valence-corrected chi connectivity index (χ2v) is 6.77. The van der Waals surface area contributed by atoms with Crippen LogP contribution in [0.3, 0.4) is 0 Å². The molecule has 2 N–H and O–H groups in total. The number of rotatable bonds is 2. The summed E-state index contributed by atoms with van der Waals surface area (Å²) in [5.74, 6) is -0.548. The predicted octanol–water partition coefficient (Wildman–Crippen LogP) is 4.18. The molecule has 2 aromatic rings. The van der Waals surface area contributed by atoms with Crippen molar-refractivity contribution in [2.24, 2.45) is 5.73 Å². The number of Topliss-reactive ketones (excluding diaryl/α,β-unsaturated/α-hetero) is 1. The number of carbonyl (C=O) groups excluding carboxylic acids is 1. The fourth-order valence-corrected chi connectivity index (χ4v) is 3.62. The Balaban J connectivity index is 2.37. The Morgan fingerprint density at radius 3 is 2.58 bits per heavy atom. The molecule has 0 spiro atoms. The van der Waals surface area contributed by atoms with Crippen molar-refractivity contribution >= 4 is 28.3 Å². The largest absolute Gasteiger partial charge is 0.445 e. The van der Waals surface area contributed by atoms with Gasteiger partial charge in [0.2, 0.25) is 5.88 Å². The minimum Gasteiger partial charge on any atom is -0.445 e. The zero-order valence-electron chi connectivity index (χ0n) is 15.0. The van der Waals surface area contributed by atoms with E-state index in [1.165, 1.54) is 6.92 Å². The van der Waals surface area contributed by atoms with Gasteiger partial charge in [-0.3, -0.25) is 4.79 Å². The smallest absolute Gasteiger partial charge is 0.205 e. The number of hydrogen-bond acceptors (Lipinski definition) is 5. The summed E-state index contributed by atoms with van der Waals surface area (Å²) in [6.45, 7) is 7.03. The third-order valence-corrected chi connectivity index (χ3v) is 4.98. The van der Waals surface area contributed by atoms with Crippen LogP contribution in [0, 0.1) is 25.2 Å². The summed E-state index contributed by atoms with van der Waals surface area (Å²) in [5.41, 5.74) is 9.84. The number of ketones is 1. The van der Waals surface area contributed by atoms with Crippen LogP contribution in [0.1, 0.15) is 36.5 Å². The number of halogens is 1. The van der Waals surface area contributed by atoms with Crippen molar-refractivity contribution in [2.45, 2.75) is 33.6 Å². The maximum atomic E-state index is 12.3. The molecule has 1 aliphatic heterocycles. The molecule has 0 radical (unpaired) electrons. The molecule has 0 unspecified atom stereocenters. The quantitative estimate of drug-likeness (QED) is 0.804. The number of allylic oxidation sites excluding steroid dienone is 3. The van der Waals surface area contributed by atoms with Gasteiger partial charge in [-0.05, 0) is 44.9 Å². The number of benzene rings is 1. The van der Waals surface area contributed by atoms with Crippen LogP contribution in [-0.4, -0.2) is 10.8 Å². The van der Waals surface area contributed by atoms with Gasteiger partial charge in [0.1, 0.15) is 22.6 Å². The molecule has 0 saturated carbocycles. The number of nitrogens with two attached hydrogens (primary N) is 1. The average Bonchev–Trinajstić information content (AvgIpc) is 2.57. The van der Waals surface area contributed by atoms with Gasteiger partial charge >= 0.3 is 0 Å². The lowest BCUT2D eigenvalue weighted by Crippen LogP contribution is -2.23. The third kappa shape index (κ3) is 2.73. The van der Waals surface area contributed by atoms with E-state index in [1.807, 2.05) is 32.0 Å². The van der Waals surface area contributed by atoms with E-state index in [0.717, 1.165) is 22.0 Å². The highest BCUT2D eigenvalue weighted by Gasteiger charge is 2.35. The summed E-state index contributed by atoms with van der Waals surface area (Å²) < 4.78 is 5.42. The second kappa shape index (κ2) is 6.47. The maximum absolute atomic E-state index is 12.3. The number of carbonyl (C=O) groups is 1. The zero-order chi connectivity index (χ0) is 19.2. The maximum Gasteiger partial charge on any atom is 0.205 e. The lowest BCUT2D eigenvalue weighted by molar-refractivity contribution is -0.114. The number of hydrogen-bond donors (Lipinski definition) is 1. The molecule has 1 atom stereocenters. The Morgan fingerprint density at radius 1 is 1.31 bits per heavy atom. The molecule has 132 valence electrons. The van der Waals surface area contributed by atoms with Gasteiger partial charge in [-0.25, -0.2) is 4.98 Å². The van der Waals surface area contributed by atoms with Gasteiger partial charge in [0.15, 0.2) is 5.78 Å². The van der Waals surface area contributed by atoms with E-state index < -0.39 is 5.92 Å². The summed E-state index contributed by atoms with van der Waals surface area (Å²) in [7, 11) is 0. The number of nitrogens with zero attached hydrogens (tertiary/aromatic N) is 2. The normalized spacial score (nSPS) is 17.3. The number of aryl methyl sites for hydroxylation is 2. The Kier molecular flexibility index (Phi) is 4.47. The van der Waals surface area contributed by atoms with Gasteiger partial charge in [0, 0.05) is 16.5 Å². The number of nitriles is 1. The molecule has 0 bridgehead atoms. The molecule has 0 amide bonds. The molecule has 1 aromatic heterocycles. The van der Waals surface area contributed by atoms with Gasteiger partial charge in [0.05, 0.1) is 11.4 Å². The minimum atomic E-state index is -0.699. The first-order valence-corrected chi connectivity index (χ1v) is 8.49. The van der Waals surface area contributed by atoms with Crippen molar-refractivity contribution in [3.05, 3.63) is 62.8 Å². The highest BCUT2D eigenvalue weighted by molar-refractivity contribution is 6.31. The standard InChI is InChI=1S/C20H18ClN3O2/c1-9-5-6-10(2)18-13(9)7-14(19(21)24-18)17-15(8-22)20(23)26-12(4)16(17)11(3)25/h5-7,17H,23H2,1-4H3/t17-/m1/s1. The van der Waals surface area contributed by atoms with E-state index in [0.29, 0.717) is 16.9 Å². The second-order valence-electron chi connectivity index (χ2n) is 6.41. The Morgan fingerprint density at radius 2 is 1.96 bits per heavy atom. The Bertz CT molecular complexity index is 1060. The molecule has 0 saturated heterocycles. The van der Waals surface area contributed by atoms with Crippen LogP contribution in [0.5, 0.6) is 0 Å². The zero-order valence-corrected chi connectivity index (χ0v) is 15.7.